The van der Waals surface area contributed by atoms with E-state index >= 15 is 0 Å². The van der Waals surface area contributed by atoms with Crippen LogP contribution in [0, 0.1) is 0 Å². The fraction of sp³-hybridized carbons (Fsp3) is 0.524. The number of carbonyl (C=O) groups is 1. The number of allylic oxidation sites excluding steroid dienone is 1. The van der Waals surface area contributed by atoms with Gasteiger partial charge in [-0.05, 0) is 63.5 Å². The molecule has 6 heteroatoms. The molecule has 0 amide bonds. The summed E-state index contributed by atoms with van der Waals surface area (Å²) in [6.07, 6.45) is 1.88. The van der Waals surface area contributed by atoms with Gasteiger partial charge in [0, 0.05) is 17.8 Å². The molecule has 0 radical (unpaired) electrons. The molecule has 0 spiro atoms. The van der Waals surface area contributed by atoms with Crippen molar-refractivity contribution in [3.63, 3.8) is 0 Å². The molecule has 1 unspecified atom stereocenters. The number of nitrogens with zero attached hydrogens (tertiary/aromatic N) is 1. The summed E-state index contributed by atoms with van der Waals surface area (Å²) in [7, 11) is 0. The van der Waals surface area contributed by atoms with Crippen molar-refractivity contribution in [2.75, 3.05) is 19.8 Å². The van der Waals surface area contributed by atoms with Gasteiger partial charge in [-0.25, -0.2) is 0 Å². The van der Waals surface area contributed by atoms with Crippen molar-refractivity contribution >= 4 is 23.1 Å². The van der Waals surface area contributed by atoms with Crippen molar-refractivity contribution in [1.82, 2.24) is 10.2 Å². The van der Waals surface area contributed by atoms with E-state index in [-0.39, 0.29) is 11.8 Å². The summed E-state index contributed by atoms with van der Waals surface area (Å²) in [4.78, 5) is 14.4. The van der Waals surface area contributed by atoms with E-state index < -0.39 is 0 Å². The number of carbonyl (C=O) groups excluding carboxylic acids is 1. The first-order valence-corrected chi connectivity index (χ1v) is 10.0. The molecule has 148 valence electrons. The van der Waals surface area contributed by atoms with Crippen molar-refractivity contribution in [3.8, 4) is 11.5 Å². The highest BCUT2D eigenvalue weighted by Gasteiger charge is 2.32. The monoisotopic (exact) mass is 390 g/mol. The zero-order valence-electron chi connectivity index (χ0n) is 16.9. The molecule has 1 heterocycles. The molecule has 2 rings (SSSR count). The molecule has 5 nitrogen and oxygen atoms in total. The van der Waals surface area contributed by atoms with E-state index in [4.69, 9.17) is 21.7 Å². The van der Waals surface area contributed by atoms with E-state index in [9.17, 15) is 4.79 Å². The highest BCUT2D eigenvalue weighted by Crippen LogP contribution is 2.36. The van der Waals surface area contributed by atoms with Gasteiger partial charge >= 0.3 is 0 Å². The second-order valence-corrected chi connectivity index (χ2v) is 6.96. The Morgan fingerprint density at radius 3 is 2.52 bits per heavy atom. The number of thiocarbonyl (C=S) groups is 1. The van der Waals surface area contributed by atoms with Gasteiger partial charge in [-0.3, -0.25) is 4.79 Å². The molecule has 0 saturated heterocycles. The number of rotatable bonds is 9. The van der Waals surface area contributed by atoms with Crippen LogP contribution < -0.4 is 14.8 Å². The Morgan fingerprint density at radius 2 is 1.93 bits per heavy atom. The average Bonchev–Trinajstić information content (AvgIpc) is 2.63. The molecule has 1 aliphatic rings. The first-order valence-electron chi connectivity index (χ1n) is 9.63. The maximum Gasteiger partial charge on any atom is 0.173 e. The van der Waals surface area contributed by atoms with Crippen LogP contribution in [0.1, 0.15) is 59.1 Å². The van der Waals surface area contributed by atoms with E-state index in [1.54, 1.807) is 6.92 Å². The van der Waals surface area contributed by atoms with E-state index in [0.717, 1.165) is 42.0 Å². The van der Waals surface area contributed by atoms with Crippen LogP contribution in [0.4, 0.5) is 0 Å². The lowest BCUT2D eigenvalue weighted by atomic mass is 9.92. The number of Topliss-reactive ketones (excluding diaryl/α,β-unsaturated/α-hetero) is 1. The zero-order chi connectivity index (χ0) is 20.0. The zero-order valence-corrected chi connectivity index (χ0v) is 17.7. The quantitative estimate of drug-likeness (QED) is 0.632. The van der Waals surface area contributed by atoms with Gasteiger partial charge < -0.3 is 19.7 Å². The smallest absolute Gasteiger partial charge is 0.173 e. The van der Waals surface area contributed by atoms with Gasteiger partial charge in [0.05, 0.1) is 19.3 Å². The van der Waals surface area contributed by atoms with Gasteiger partial charge in [0.1, 0.15) is 0 Å². The molecule has 1 aliphatic heterocycles. The third-order valence-corrected chi connectivity index (χ3v) is 4.82. The number of ketones is 1. The maximum absolute atomic E-state index is 12.4. The molecule has 1 N–H and O–H groups in total. The molecule has 27 heavy (non-hydrogen) atoms. The van der Waals surface area contributed by atoms with Crippen LogP contribution in [-0.4, -0.2) is 35.6 Å². The summed E-state index contributed by atoms with van der Waals surface area (Å²) in [5.41, 5.74) is 2.59. The minimum absolute atomic E-state index is 0.0397. The second-order valence-electron chi connectivity index (χ2n) is 6.58. The first-order chi connectivity index (χ1) is 12.9. The molecule has 0 aromatic heterocycles. The van der Waals surface area contributed by atoms with E-state index in [1.165, 1.54) is 0 Å². The Morgan fingerprint density at radius 1 is 1.19 bits per heavy atom. The van der Waals surface area contributed by atoms with Crippen LogP contribution in [0.25, 0.3) is 0 Å². The SMILES string of the molecule is CCCOc1ccc(C2NC(=S)N(CCC)C(C)=C2C(C)=O)cc1OCC. The van der Waals surface area contributed by atoms with Gasteiger partial charge in [0.15, 0.2) is 22.4 Å². The number of hydrogen-bond donors (Lipinski definition) is 1. The molecule has 1 aromatic carbocycles. The summed E-state index contributed by atoms with van der Waals surface area (Å²) in [5, 5.41) is 3.99. The summed E-state index contributed by atoms with van der Waals surface area (Å²) < 4.78 is 11.6. The van der Waals surface area contributed by atoms with E-state index in [2.05, 4.69) is 19.2 Å². The van der Waals surface area contributed by atoms with Gasteiger partial charge in [-0.2, -0.15) is 0 Å². The number of ether oxygens (including phenoxy) is 2. The fourth-order valence-electron chi connectivity index (χ4n) is 3.28. The molecule has 1 atom stereocenters. The number of benzene rings is 1. The lowest BCUT2D eigenvalue weighted by Crippen LogP contribution is -2.47. The Balaban J connectivity index is 2.47. The van der Waals surface area contributed by atoms with Crippen molar-refractivity contribution in [2.24, 2.45) is 0 Å². The molecule has 0 bridgehead atoms. The van der Waals surface area contributed by atoms with Crippen molar-refractivity contribution in [2.45, 2.75) is 53.5 Å². The number of nitrogens with one attached hydrogen (secondary N) is 1. The van der Waals surface area contributed by atoms with E-state index in [1.807, 2.05) is 36.9 Å². The lowest BCUT2D eigenvalue weighted by molar-refractivity contribution is -0.114. The molecule has 0 aliphatic carbocycles. The van der Waals surface area contributed by atoms with Gasteiger partial charge in [-0.15, -0.1) is 0 Å². The molecular weight excluding hydrogens is 360 g/mol. The normalized spacial score (nSPS) is 17.0. The standard InChI is InChI=1S/C21H30N2O3S/c1-6-11-23-14(4)19(15(5)24)20(22-21(23)27)16-9-10-17(26-12-7-2)18(13-16)25-8-3/h9-10,13,20H,6-8,11-12H2,1-5H3,(H,22,27). The summed E-state index contributed by atoms with van der Waals surface area (Å²) in [6.45, 7) is 11.6. The Bertz CT molecular complexity index is 730. The minimum atomic E-state index is -0.289. The fourth-order valence-corrected chi connectivity index (χ4v) is 3.63. The summed E-state index contributed by atoms with van der Waals surface area (Å²) >= 11 is 5.57. The van der Waals surface area contributed by atoms with Gasteiger partial charge in [-0.1, -0.05) is 19.9 Å². The van der Waals surface area contributed by atoms with Crippen LogP contribution >= 0.6 is 12.2 Å². The van der Waals surface area contributed by atoms with E-state index in [0.29, 0.717) is 24.1 Å². The molecule has 0 saturated carbocycles. The number of hydrogen-bond acceptors (Lipinski definition) is 4. The molecule has 0 fully saturated rings. The third-order valence-electron chi connectivity index (χ3n) is 4.49. The van der Waals surface area contributed by atoms with Crippen LogP contribution in [0.15, 0.2) is 29.5 Å². The van der Waals surface area contributed by atoms with Crippen LogP contribution in [0.3, 0.4) is 0 Å². The van der Waals surface area contributed by atoms with Gasteiger partial charge in [0.25, 0.3) is 0 Å². The average molecular weight is 391 g/mol. The highest BCUT2D eigenvalue weighted by molar-refractivity contribution is 7.80. The van der Waals surface area contributed by atoms with Crippen molar-refractivity contribution < 1.29 is 14.3 Å². The van der Waals surface area contributed by atoms with Gasteiger partial charge in [0.2, 0.25) is 0 Å². The molecular formula is C21H30N2O3S. The maximum atomic E-state index is 12.4. The predicted octanol–water partition coefficient (Wildman–Crippen LogP) is 4.38. The Labute approximate surface area is 167 Å². The first kappa shape index (κ1) is 21.2. The second kappa shape index (κ2) is 9.74. The summed E-state index contributed by atoms with van der Waals surface area (Å²) in [5.74, 6) is 1.45. The van der Waals surface area contributed by atoms with Crippen LogP contribution in [-0.2, 0) is 4.79 Å². The Hall–Kier alpha value is -2.08. The largest absolute Gasteiger partial charge is 0.490 e. The Kier molecular flexibility index (Phi) is 7.66. The molecule has 1 aromatic rings. The van der Waals surface area contributed by atoms with Crippen molar-refractivity contribution in [1.29, 1.82) is 0 Å². The summed E-state index contributed by atoms with van der Waals surface area (Å²) in [6, 6.07) is 5.54. The minimum Gasteiger partial charge on any atom is -0.490 e. The lowest BCUT2D eigenvalue weighted by Gasteiger charge is -2.37. The third kappa shape index (κ3) is 4.80. The topological polar surface area (TPSA) is 50.8 Å². The van der Waals surface area contributed by atoms with Crippen LogP contribution in [0.2, 0.25) is 0 Å². The highest BCUT2D eigenvalue weighted by atomic mass is 32.1. The van der Waals surface area contributed by atoms with Crippen LogP contribution in [0.5, 0.6) is 11.5 Å². The predicted molar refractivity (Wildman–Crippen MR) is 112 cm³/mol. The van der Waals surface area contributed by atoms with Crippen molar-refractivity contribution in [3.05, 3.63) is 35.0 Å².